The molecule has 0 atom stereocenters. The summed E-state index contributed by atoms with van der Waals surface area (Å²) in [5.41, 5.74) is -0.686. The Morgan fingerprint density at radius 1 is 1.08 bits per heavy atom. The second kappa shape index (κ2) is 6.34. The fraction of sp³-hybridized carbons (Fsp3) is 0.0625. The van der Waals surface area contributed by atoms with Gasteiger partial charge in [-0.15, -0.1) is 0 Å². The van der Waals surface area contributed by atoms with Crippen LogP contribution in [0.3, 0.4) is 0 Å². The van der Waals surface area contributed by atoms with E-state index >= 15 is 0 Å². The van der Waals surface area contributed by atoms with Crippen molar-refractivity contribution >= 4 is 12.2 Å². The molecule has 1 aromatic carbocycles. The predicted octanol–water partition coefficient (Wildman–Crippen LogP) is 3.49. The van der Waals surface area contributed by atoms with E-state index in [1.165, 1.54) is 42.6 Å². The summed E-state index contributed by atoms with van der Waals surface area (Å²) in [7, 11) is 0. The molecule has 3 rings (SSSR count). The number of hydrogen-bond donors (Lipinski definition) is 2. The van der Waals surface area contributed by atoms with Gasteiger partial charge in [-0.3, -0.25) is 5.10 Å². The van der Waals surface area contributed by atoms with E-state index in [4.69, 9.17) is 0 Å². The molecule has 0 fully saturated rings. The predicted molar refractivity (Wildman–Crippen MR) is 82.8 cm³/mol. The highest BCUT2D eigenvalue weighted by Crippen LogP contribution is 2.27. The minimum atomic E-state index is -4.68. The molecule has 2 aromatic heterocycles. The number of halogens is 4. The molecule has 0 radical (unpaired) electrons. The average Bonchev–Trinajstić information content (AvgIpc) is 3.01. The average molecular weight is 350 g/mol. The van der Waals surface area contributed by atoms with Gasteiger partial charge in [0.05, 0.1) is 17.6 Å². The SMILES string of the molecule is O=c1nc(/C=C/c2cn[nH]c2-c2ccc(F)cc2)cc(C(F)(F)F)[nH]1. The molecule has 0 spiro atoms. The summed E-state index contributed by atoms with van der Waals surface area (Å²) in [4.78, 5) is 16.4. The number of aromatic nitrogens is 4. The summed E-state index contributed by atoms with van der Waals surface area (Å²) in [6.45, 7) is 0. The highest BCUT2D eigenvalue weighted by atomic mass is 19.4. The van der Waals surface area contributed by atoms with Gasteiger partial charge in [0, 0.05) is 11.1 Å². The molecule has 0 aliphatic rings. The van der Waals surface area contributed by atoms with Crippen molar-refractivity contribution in [3.8, 4) is 11.3 Å². The minimum Gasteiger partial charge on any atom is -0.302 e. The van der Waals surface area contributed by atoms with Crippen LogP contribution in [0.4, 0.5) is 17.6 Å². The van der Waals surface area contributed by atoms with Crippen LogP contribution in [-0.4, -0.2) is 20.2 Å². The van der Waals surface area contributed by atoms with E-state index in [0.29, 0.717) is 16.8 Å². The molecule has 3 aromatic rings. The molecule has 25 heavy (non-hydrogen) atoms. The molecule has 9 heteroatoms. The standard InChI is InChI=1S/C16H10F4N4O/c17-11-4-1-9(2-5-11)14-10(8-21-24-14)3-6-12-7-13(16(18,19)20)23-15(25)22-12/h1-8H,(H,21,24)(H,22,23,25)/b6-3+. The highest BCUT2D eigenvalue weighted by molar-refractivity contribution is 5.77. The fourth-order valence-corrected chi connectivity index (χ4v) is 2.16. The fourth-order valence-electron chi connectivity index (χ4n) is 2.16. The number of nitrogens with one attached hydrogen (secondary N) is 2. The van der Waals surface area contributed by atoms with Gasteiger partial charge >= 0.3 is 11.9 Å². The van der Waals surface area contributed by atoms with Crippen molar-refractivity contribution in [2.75, 3.05) is 0 Å². The topological polar surface area (TPSA) is 74.4 Å². The lowest BCUT2D eigenvalue weighted by atomic mass is 10.1. The summed E-state index contributed by atoms with van der Waals surface area (Å²) in [5, 5.41) is 6.60. The maximum absolute atomic E-state index is 13.0. The van der Waals surface area contributed by atoms with Crippen LogP contribution in [0.1, 0.15) is 17.0 Å². The molecule has 0 saturated carbocycles. The first-order chi connectivity index (χ1) is 11.8. The van der Waals surface area contributed by atoms with Crippen molar-refractivity contribution in [2.24, 2.45) is 0 Å². The third-order valence-corrected chi connectivity index (χ3v) is 3.31. The first-order valence-electron chi connectivity index (χ1n) is 6.99. The van der Waals surface area contributed by atoms with E-state index < -0.39 is 23.4 Å². The molecule has 5 nitrogen and oxygen atoms in total. The van der Waals surface area contributed by atoms with Gasteiger partial charge in [0.1, 0.15) is 11.5 Å². The number of H-pyrrole nitrogens is 2. The van der Waals surface area contributed by atoms with E-state index in [1.807, 2.05) is 0 Å². The molecule has 0 aliphatic heterocycles. The zero-order valence-electron chi connectivity index (χ0n) is 12.4. The molecule has 0 aliphatic carbocycles. The summed E-state index contributed by atoms with van der Waals surface area (Å²) in [5.74, 6) is -0.396. The molecular formula is C16H10F4N4O. The van der Waals surface area contributed by atoms with Gasteiger partial charge in [0.25, 0.3) is 0 Å². The van der Waals surface area contributed by atoms with Crippen LogP contribution in [0.15, 0.2) is 41.3 Å². The van der Waals surface area contributed by atoms with E-state index in [2.05, 4.69) is 15.2 Å². The van der Waals surface area contributed by atoms with Crippen molar-refractivity contribution in [3.05, 3.63) is 69.8 Å². The van der Waals surface area contributed by atoms with Crippen molar-refractivity contribution in [1.29, 1.82) is 0 Å². The molecule has 128 valence electrons. The maximum Gasteiger partial charge on any atom is 0.431 e. The number of hydrogen-bond acceptors (Lipinski definition) is 3. The smallest absolute Gasteiger partial charge is 0.302 e. The summed E-state index contributed by atoms with van der Waals surface area (Å²) < 4.78 is 51.1. The van der Waals surface area contributed by atoms with Gasteiger partial charge in [-0.2, -0.15) is 23.3 Å². The first kappa shape index (κ1) is 16.6. The Morgan fingerprint density at radius 2 is 1.80 bits per heavy atom. The molecule has 0 amide bonds. The first-order valence-corrected chi connectivity index (χ1v) is 6.99. The monoisotopic (exact) mass is 350 g/mol. The molecule has 2 N–H and O–H groups in total. The van der Waals surface area contributed by atoms with Gasteiger partial charge in [-0.1, -0.05) is 0 Å². The van der Waals surface area contributed by atoms with Crippen molar-refractivity contribution in [3.63, 3.8) is 0 Å². The highest BCUT2D eigenvalue weighted by Gasteiger charge is 2.32. The van der Waals surface area contributed by atoms with Gasteiger partial charge in [0.2, 0.25) is 0 Å². The largest absolute Gasteiger partial charge is 0.431 e. The Kier molecular flexibility index (Phi) is 4.22. The van der Waals surface area contributed by atoms with Gasteiger partial charge in [-0.25, -0.2) is 9.18 Å². The third kappa shape index (κ3) is 3.82. The summed E-state index contributed by atoms with van der Waals surface area (Å²) in [6.07, 6.45) is -0.501. The second-order valence-electron chi connectivity index (χ2n) is 5.06. The molecule has 0 unspecified atom stereocenters. The van der Waals surface area contributed by atoms with Gasteiger partial charge < -0.3 is 4.98 Å². The quantitative estimate of drug-likeness (QED) is 0.710. The third-order valence-electron chi connectivity index (χ3n) is 3.31. The van der Waals surface area contributed by atoms with Crippen LogP contribution in [0.5, 0.6) is 0 Å². The molecule has 2 heterocycles. The normalized spacial score (nSPS) is 12.0. The van der Waals surface area contributed by atoms with Crippen molar-refractivity contribution in [1.82, 2.24) is 20.2 Å². The number of nitrogens with zero attached hydrogens (tertiary/aromatic N) is 2. The van der Waals surface area contributed by atoms with Crippen LogP contribution in [0, 0.1) is 5.82 Å². The lowest BCUT2D eigenvalue weighted by Crippen LogP contribution is -2.19. The molecule has 0 saturated heterocycles. The zero-order valence-corrected chi connectivity index (χ0v) is 12.4. The van der Waals surface area contributed by atoms with Crippen LogP contribution in [0.25, 0.3) is 23.4 Å². The summed E-state index contributed by atoms with van der Waals surface area (Å²) in [6, 6.07) is 6.35. The molecule has 0 bridgehead atoms. The van der Waals surface area contributed by atoms with Crippen molar-refractivity contribution < 1.29 is 17.6 Å². The number of rotatable bonds is 3. The lowest BCUT2D eigenvalue weighted by Gasteiger charge is -2.05. The Hall–Kier alpha value is -3.23. The Bertz CT molecular complexity index is 971. The minimum absolute atomic E-state index is 0.151. The molecular weight excluding hydrogens is 340 g/mol. The van der Waals surface area contributed by atoms with E-state index in [0.717, 1.165) is 6.07 Å². The van der Waals surface area contributed by atoms with Crippen LogP contribution in [0.2, 0.25) is 0 Å². The van der Waals surface area contributed by atoms with Gasteiger partial charge in [0.15, 0.2) is 0 Å². The zero-order chi connectivity index (χ0) is 18.0. The lowest BCUT2D eigenvalue weighted by molar-refractivity contribution is -0.141. The van der Waals surface area contributed by atoms with E-state index in [9.17, 15) is 22.4 Å². The Morgan fingerprint density at radius 3 is 2.48 bits per heavy atom. The van der Waals surface area contributed by atoms with E-state index in [1.54, 1.807) is 4.98 Å². The number of aromatic amines is 2. The van der Waals surface area contributed by atoms with Crippen molar-refractivity contribution in [2.45, 2.75) is 6.18 Å². The number of benzene rings is 1. The van der Waals surface area contributed by atoms with Gasteiger partial charge in [-0.05, 0) is 42.5 Å². The maximum atomic E-state index is 13.0. The summed E-state index contributed by atoms with van der Waals surface area (Å²) >= 11 is 0. The van der Waals surface area contributed by atoms with Crippen LogP contribution in [-0.2, 0) is 6.18 Å². The Labute approximate surface area is 138 Å². The van der Waals surface area contributed by atoms with Crippen LogP contribution < -0.4 is 5.69 Å². The van der Waals surface area contributed by atoms with E-state index in [-0.39, 0.29) is 5.69 Å². The Balaban J connectivity index is 1.94. The van der Waals surface area contributed by atoms with Crippen LogP contribution >= 0.6 is 0 Å². The number of alkyl halides is 3. The second-order valence-corrected chi connectivity index (χ2v) is 5.06.